The van der Waals surface area contributed by atoms with Crippen LogP contribution in [0.25, 0.3) is 10.8 Å². The van der Waals surface area contributed by atoms with Gasteiger partial charge in [-0.3, -0.25) is 4.79 Å². The van der Waals surface area contributed by atoms with Crippen LogP contribution in [0, 0.1) is 11.3 Å². The van der Waals surface area contributed by atoms with E-state index in [4.69, 9.17) is 4.74 Å². The van der Waals surface area contributed by atoms with E-state index in [0.29, 0.717) is 13.1 Å². The molecule has 3 aromatic rings. The van der Waals surface area contributed by atoms with Gasteiger partial charge in [0, 0.05) is 18.5 Å². The minimum Gasteiger partial charge on any atom is -0.445 e. The molecule has 5 rings (SSSR count). The topological polar surface area (TPSA) is 58.6 Å². The van der Waals surface area contributed by atoms with Gasteiger partial charge in [-0.25, -0.2) is 4.79 Å². The molecular formula is C30H34N2O3. The molecule has 182 valence electrons. The maximum absolute atomic E-state index is 13.6. The largest absolute Gasteiger partial charge is 0.445 e. The van der Waals surface area contributed by atoms with Gasteiger partial charge in [0.1, 0.15) is 6.61 Å². The molecule has 5 nitrogen and oxygen atoms in total. The second kappa shape index (κ2) is 10.1. The number of fused-ring (bicyclic) bond motifs is 1. The highest BCUT2D eigenvalue weighted by Crippen LogP contribution is 2.48. The molecule has 2 aliphatic rings. The predicted octanol–water partition coefficient (Wildman–Crippen LogP) is 6.24. The van der Waals surface area contributed by atoms with E-state index in [2.05, 4.69) is 35.6 Å². The number of hydrogen-bond donors (Lipinski definition) is 1. The number of ether oxygens (including phenoxy) is 1. The van der Waals surface area contributed by atoms with E-state index in [-0.39, 0.29) is 36.0 Å². The highest BCUT2D eigenvalue weighted by molar-refractivity contribution is 5.84. The maximum Gasteiger partial charge on any atom is 0.410 e. The molecule has 1 spiro atoms. The number of benzene rings is 3. The van der Waals surface area contributed by atoms with Crippen LogP contribution < -0.4 is 5.32 Å². The molecule has 1 saturated heterocycles. The quantitative estimate of drug-likeness (QED) is 0.480. The normalized spacial score (nSPS) is 20.0. The van der Waals surface area contributed by atoms with E-state index in [1.54, 1.807) is 4.90 Å². The Morgan fingerprint density at radius 3 is 2.46 bits per heavy atom. The van der Waals surface area contributed by atoms with Gasteiger partial charge in [-0.15, -0.1) is 0 Å². The van der Waals surface area contributed by atoms with Crippen LogP contribution >= 0.6 is 0 Å². The highest BCUT2D eigenvalue weighted by atomic mass is 16.6. The first-order valence-electron chi connectivity index (χ1n) is 12.8. The molecule has 35 heavy (non-hydrogen) atoms. The summed E-state index contributed by atoms with van der Waals surface area (Å²) in [6, 6.07) is 24.2. The van der Waals surface area contributed by atoms with Crippen LogP contribution in [-0.4, -0.2) is 30.0 Å². The van der Waals surface area contributed by atoms with Gasteiger partial charge < -0.3 is 15.0 Å². The molecule has 0 bridgehead atoms. The third kappa shape index (κ3) is 5.04. The average molecular weight is 471 g/mol. The Morgan fingerprint density at radius 2 is 1.69 bits per heavy atom. The SMILES string of the molecule is CC(NC(=O)C1CN(C(=O)OCc2ccccc2)CC12CCCCC2)c1ccc2ccccc2c1. The summed E-state index contributed by atoms with van der Waals surface area (Å²) < 4.78 is 5.62. The van der Waals surface area contributed by atoms with Crippen molar-refractivity contribution >= 4 is 22.8 Å². The molecule has 3 aromatic carbocycles. The van der Waals surface area contributed by atoms with Crippen LogP contribution in [0.15, 0.2) is 72.8 Å². The summed E-state index contributed by atoms with van der Waals surface area (Å²) >= 11 is 0. The van der Waals surface area contributed by atoms with Crippen molar-refractivity contribution in [1.29, 1.82) is 0 Å². The zero-order chi connectivity index (χ0) is 24.3. The summed E-state index contributed by atoms with van der Waals surface area (Å²) in [4.78, 5) is 28.3. The Balaban J connectivity index is 1.28. The van der Waals surface area contributed by atoms with Crippen molar-refractivity contribution in [2.45, 2.75) is 51.7 Å². The Morgan fingerprint density at radius 1 is 0.971 bits per heavy atom. The van der Waals surface area contributed by atoms with Crippen LogP contribution in [0.1, 0.15) is 56.2 Å². The Bertz CT molecular complexity index is 1190. The minimum absolute atomic E-state index is 0.0471. The molecule has 1 heterocycles. The van der Waals surface area contributed by atoms with Crippen molar-refractivity contribution in [1.82, 2.24) is 10.2 Å². The fourth-order valence-corrected chi connectivity index (χ4v) is 5.92. The zero-order valence-electron chi connectivity index (χ0n) is 20.4. The van der Waals surface area contributed by atoms with Crippen LogP contribution in [-0.2, 0) is 16.1 Å². The molecule has 0 aromatic heterocycles. The molecular weight excluding hydrogens is 436 g/mol. The first kappa shape index (κ1) is 23.4. The standard InChI is InChI=1S/C30H34N2O3/c1-22(25-15-14-24-12-6-7-13-26(24)18-25)31-28(33)27-19-32(21-30(27)16-8-3-9-17-30)29(34)35-20-23-10-4-2-5-11-23/h2,4-7,10-15,18,22,27H,3,8-9,16-17,19-21H2,1H3,(H,31,33). The Hall–Kier alpha value is -3.34. The number of carbonyl (C=O) groups is 2. The zero-order valence-corrected chi connectivity index (χ0v) is 20.4. The van der Waals surface area contributed by atoms with Gasteiger partial charge in [0.25, 0.3) is 0 Å². The second-order valence-electron chi connectivity index (χ2n) is 10.2. The number of carbonyl (C=O) groups excluding carboxylic acids is 2. The Labute approximate surface area is 207 Å². The molecule has 1 N–H and O–H groups in total. The summed E-state index contributed by atoms with van der Waals surface area (Å²) in [5.74, 6) is -0.166. The lowest BCUT2D eigenvalue weighted by atomic mass is 9.67. The first-order valence-corrected chi connectivity index (χ1v) is 12.8. The van der Waals surface area contributed by atoms with Crippen LogP contribution in [0.3, 0.4) is 0 Å². The predicted molar refractivity (Wildman–Crippen MR) is 138 cm³/mol. The molecule has 2 fully saturated rings. The lowest BCUT2D eigenvalue weighted by Crippen LogP contribution is -2.43. The van der Waals surface area contributed by atoms with Gasteiger partial charge in [0.15, 0.2) is 0 Å². The van der Waals surface area contributed by atoms with E-state index in [1.807, 2.05) is 49.4 Å². The van der Waals surface area contributed by atoms with E-state index >= 15 is 0 Å². The number of likely N-dealkylation sites (tertiary alicyclic amines) is 1. The summed E-state index contributed by atoms with van der Waals surface area (Å²) in [5, 5.41) is 5.63. The third-order valence-electron chi connectivity index (χ3n) is 7.91. The fourth-order valence-electron chi connectivity index (χ4n) is 5.92. The maximum atomic E-state index is 13.6. The van der Waals surface area contributed by atoms with E-state index in [9.17, 15) is 9.59 Å². The molecule has 5 heteroatoms. The molecule has 2 atom stereocenters. The Kier molecular flexibility index (Phi) is 6.76. The fraction of sp³-hybridized carbons (Fsp3) is 0.400. The monoisotopic (exact) mass is 470 g/mol. The second-order valence-corrected chi connectivity index (χ2v) is 10.2. The summed E-state index contributed by atoms with van der Waals surface area (Å²) in [6.45, 7) is 3.31. The van der Waals surface area contributed by atoms with Gasteiger partial charge in [0.2, 0.25) is 5.91 Å². The summed E-state index contributed by atoms with van der Waals surface area (Å²) in [5.41, 5.74) is 1.90. The van der Waals surface area contributed by atoms with Gasteiger partial charge in [-0.05, 0) is 47.7 Å². The number of nitrogens with one attached hydrogen (secondary N) is 1. The van der Waals surface area contributed by atoms with Gasteiger partial charge >= 0.3 is 6.09 Å². The van der Waals surface area contributed by atoms with Gasteiger partial charge in [-0.2, -0.15) is 0 Å². The molecule has 1 aliphatic heterocycles. The number of nitrogens with zero attached hydrogens (tertiary/aromatic N) is 1. The molecule has 0 radical (unpaired) electrons. The van der Waals surface area contributed by atoms with E-state index in [1.165, 1.54) is 17.2 Å². The lowest BCUT2D eigenvalue weighted by molar-refractivity contribution is -0.129. The molecule has 1 saturated carbocycles. The number of amides is 2. The van der Waals surface area contributed by atoms with Crippen molar-refractivity contribution in [3.63, 3.8) is 0 Å². The van der Waals surface area contributed by atoms with Crippen molar-refractivity contribution in [3.8, 4) is 0 Å². The highest BCUT2D eigenvalue weighted by Gasteiger charge is 2.51. The van der Waals surface area contributed by atoms with Crippen molar-refractivity contribution in [3.05, 3.63) is 83.9 Å². The van der Waals surface area contributed by atoms with Crippen molar-refractivity contribution in [2.24, 2.45) is 11.3 Å². The van der Waals surface area contributed by atoms with E-state index < -0.39 is 0 Å². The first-order chi connectivity index (χ1) is 17.0. The van der Waals surface area contributed by atoms with Crippen LogP contribution in [0.2, 0.25) is 0 Å². The summed E-state index contributed by atoms with van der Waals surface area (Å²) in [6.07, 6.45) is 5.06. The number of rotatable bonds is 5. The van der Waals surface area contributed by atoms with Crippen LogP contribution in [0.5, 0.6) is 0 Å². The molecule has 2 unspecified atom stereocenters. The molecule has 1 aliphatic carbocycles. The summed E-state index contributed by atoms with van der Waals surface area (Å²) in [7, 11) is 0. The average Bonchev–Trinajstić information content (AvgIpc) is 3.26. The van der Waals surface area contributed by atoms with Crippen molar-refractivity contribution < 1.29 is 14.3 Å². The van der Waals surface area contributed by atoms with Gasteiger partial charge in [0.05, 0.1) is 12.0 Å². The smallest absolute Gasteiger partial charge is 0.410 e. The lowest BCUT2D eigenvalue weighted by Gasteiger charge is -2.37. The minimum atomic E-state index is -0.323. The number of hydrogen-bond acceptors (Lipinski definition) is 3. The molecule has 2 amide bonds. The van der Waals surface area contributed by atoms with E-state index in [0.717, 1.165) is 36.8 Å². The van der Waals surface area contributed by atoms with Crippen LogP contribution in [0.4, 0.5) is 4.79 Å². The third-order valence-corrected chi connectivity index (χ3v) is 7.91. The van der Waals surface area contributed by atoms with Crippen molar-refractivity contribution in [2.75, 3.05) is 13.1 Å². The van der Waals surface area contributed by atoms with Gasteiger partial charge in [-0.1, -0.05) is 86.0 Å².